The van der Waals surface area contributed by atoms with Gasteiger partial charge in [0.1, 0.15) is 6.23 Å². The average molecular weight is 235 g/mol. The molecule has 0 radical (unpaired) electrons. The number of aliphatic hydroxyl groups excluding tert-OH is 1. The molecule has 3 heteroatoms. The Morgan fingerprint density at radius 2 is 1.94 bits per heavy atom. The predicted molar refractivity (Wildman–Crippen MR) is 67.6 cm³/mol. The minimum Gasteiger partial charge on any atom is -0.394 e. The number of rotatable bonds is 2. The van der Waals surface area contributed by atoms with E-state index in [1.807, 2.05) is 18.2 Å². The first kappa shape index (κ1) is 12.6. The fourth-order valence-electron chi connectivity index (χ4n) is 2.22. The largest absolute Gasteiger partial charge is 0.394 e. The lowest BCUT2D eigenvalue weighted by Crippen LogP contribution is -2.41. The van der Waals surface area contributed by atoms with Crippen molar-refractivity contribution in [2.45, 2.75) is 38.6 Å². The number of hydrogen-bond donors (Lipinski definition) is 1. The van der Waals surface area contributed by atoms with Crippen LogP contribution in [0.5, 0.6) is 0 Å². The van der Waals surface area contributed by atoms with Gasteiger partial charge in [-0.2, -0.15) is 0 Å². The third kappa shape index (κ3) is 2.68. The number of benzene rings is 1. The molecule has 1 aliphatic rings. The molecule has 3 nitrogen and oxygen atoms in total. The van der Waals surface area contributed by atoms with Gasteiger partial charge in [0, 0.05) is 12.1 Å². The Morgan fingerprint density at radius 1 is 1.29 bits per heavy atom. The number of ether oxygens (including phenoxy) is 1. The monoisotopic (exact) mass is 235 g/mol. The summed E-state index contributed by atoms with van der Waals surface area (Å²) in [5.74, 6) is 0. The zero-order valence-electron chi connectivity index (χ0n) is 10.8. The minimum atomic E-state index is -0.0839. The molecule has 1 fully saturated rings. The summed E-state index contributed by atoms with van der Waals surface area (Å²) >= 11 is 0. The zero-order valence-corrected chi connectivity index (χ0v) is 10.8. The summed E-state index contributed by atoms with van der Waals surface area (Å²) in [5.41, 5.74) is 1.18. The lowest BCUT2D eigenvalue weighted by molar-refractivity contribution is -0.0422. The van der Waals surface area contributed by atoms with E-state index in [0.717, 1.165) is 12.1 Å². The van der Waals surface area contributed by atoms with E-state index >= 15 is 0 Å². The molecule has 1 aromatic carbocycles. The van der Waals surface area contributed by atoms with E-state index in [4.69, 9.17) is 4.74 Å². The van der Waals surface area contributed by atoms with Gasteiger partial charge in [0.15, 0.2) is 0 Å². The van der Waals surface area contributed by atoms with Gasteiger partial charge in [0.25, 0.3) is 0 Å². The molecule has 94 valence electrons. The van der Waals surface area contributed by atoms with Gasteiger partial charge in [-0.25, -0.2) is 0 Å². The highest BCUT2D eigenvalue weighted by Gasteiger charge is 2.39. The van der Waals surface area contributed by atoms with Crippen LogP contribution in [0.15, 0.2) is 30.3 Å². The van der Waals surface area contributed by atoms with Crippen molar-refractivity contribution in [3.05, 3.63) is 35.9 Å². The van der Waals surface area contributed by atoms with Crippen molar-refractivity contribution in [2.24, 2.45) is 0 Å². The molecule has 0 unspecified atom stereocenters. The summed E-state index contributed by atoms with van der Waals surface area (Å²) in [6, 6.07) is 10.2. The van der Waals surface area contributed by atoms with E-state index < -0.39 is 0 Å². The van der Waals surface area contributed by atoms with Crippen molar-refractivity contribution in [2.75, 3.05) is 13.2 Å². The predicted octanol–water partition coefficient (Wildman–Crippen LogP) is 2.18. The molecule has 1 saturated heterocycles. The maximum absolute atomic E-state index is 9.26. The fraction of sp³-hybridized carbons (Fsp3) is 0.571. The summed E-state index contributed by atoms with van der Waals surface area (Å²) < 4.78 is 5.91. The molecule has 17 heavy (non-hydrogen) atoms. The number of nitrogens with zero attached hydrogens (tertiary/aromatic N) is 1. The van der Waals surface area contributed by atoms with Crippen molar-refractivity contribution in [3.63, 3.8) is 0 Å². The smallest absolute Gasteiger partial charge is 0.137 e. The molecule has 0 amide bonds. The van der Waals surface area contributed by atoms with Crippen LogP contribution in [0.2, 0.25) is 0 Å². The first-order chi connectivity index (χ1) is 8.02. The Bertz CT molecular complexity index is 358. The second-order valence-corrected chi connectivity index (χ2v) is 5.53. The molecular weight excluding hydrogens is 214 g/mol. The normalized spacial score (nSPS) is 26.4. The van der Waals surface area contributed by atoms with E-state index in [1.165, 1.54) is 0 Å². The van der Waals surface area contributed by atoms with Gasteiger partial charge in [0.05, 0.1) is 12.7 Å². The number of aliphatic hydroxyl groups is 1. The maximum Gasteiger partial charge on any atom is 0.137 e. The fourth-order valence-corrected chi connectivity index (χ4v) is 2.22. The Morgan fingerprint density at radius 3 is 2.47 bits per heavy atom. The Hall–Kier alpha value is -0.900. The minimum absolute atomic E-state index is 0.0322. The SMILES string of the molecule is CC(C)(C)N1C[C@@H](CO)O[C@H]1c1ccccc1. The van der Waals surface area contributed by atoms with Crippen molar-refractivity contribution in [1.82, 2.24) is 4.90 Å². The van der Waals surface area contributed by atoms with Crippen LogP contribution >= 0.6 is 0 Å². The first-order valence-corrected chi connectivity index (χ1v) is 6.10. The Labute approximate surface area is 103 Å². The highest BCUT2D eigenvalue weighted by Crippen LogP contribution is 2.35. The first-order valence-electron chi connectivity index (χ1n) is 6.10. The van der Waals surface area contributed by atoms with Crippen molar-refractivity contribution in [1.29, 1.82) is 0 Å². The molecule has 1 aromatic rings. The lowest BCUT2D eigenvalue weighted by Gasteiger charge is -2.35. The highest BCUT2D eigenvalue weighted by atomic mass is 16.5. The topological polar surface area (TPSA) is 32.7 Å². The van der Waals surface area contributed by atoms with Crippen LogP contribution in [-0.2, 0) is 4.74 Å². The van der Waals surface area contributed by atoms with Crippen LogP contribution in [-0.4, -0.2) is 34.8 Å². The standard InChI is InChI=1S/C14H21NO2/c1-14(2,3)15-9-12(10-16)17-13(15)11-7-5-4-6-8-11/h4-8,12-13,16H,9-10H2,1-3H3/t12-,13-/m0/s1. The van der Waals surface area contributed by atoms with Gasteiger partial charge in [-0.05, 0) is 26.3 Å². The summed E-state index contributed by atoms with van der Waals surface area (Å²) in [4.78, 5) is 2.29. The van der Waals surface area contributed by atoms with Crippen LogP contribution in [0, 0.1) is 0 Å². The summed E-state index contributed by atoms with van der Waals surface area (Å²) in [5, 5.41) is 9.26. The van der Waals surface area contributed by atoms with Crippen molar-refractivity contribution >= 4 is 0 Å². The third-order valence-corrected chi connectivity index (χ3v) is 3.15. The van der Waals surface area contributed by atoms with Crippen molar-refractivity contribution < 1.29 is 9.84 Å². The second-order valence-electron chi connectivity index (χ2n) is 5.53. The quantitative estimate of drug-likeness (QED) is 0.852. The summed E-state index contributed by atoms with van der Waals surface area (Å²) in [6.07, 6.45) is -0.132. The van der Waals surface area contributed by atoms with E-state index in [2.05, 4.69) is 37.8 Å². The molecule has 2 atom stereocenters. The summed E-state index contributed by atoms with van der Waals surface area (Å²) in [7, 11) is 0. The highest BCUT2D eigenvalue weighted by molar-refractivity contribution is 5.18. The van der Waals surface area contributed by atoms with E-state index in [9.17, 15) is 5.11 Å². The van der Waals surface area contributed by atoms with Crippen LogP contribution in [0.4, 0.5) is 0 Å². The van der Waals surface area contributed by atoms with Crippen LogP contribution < -0.4 is 0 Å². The Balaban J connectivity index is 2.25. The average Bonchev–Trinajstić information content (AvgIpc) is 2.74. The zero-order chi connectivity index (χ0) is 12.5. The van der Waals surface area contributed by atoms with Crippen LogP contribution in [0.1, 0.15) is 32.6 Å². The molecule has 1 heterocycles. The summed E-state index contributed by atoms with van der Waals surface area (Å²) in [6.45, 7) is 7.37. The molecule has 1 aliphatic heterocycles. The van der Waals surface area contributed by atoms with Crippen molar-refractivity contribution in [3.8, 4) is 0 Å². The molecule has 0 aromatic heterocycles. The van der Waals surface area contributed by atoms with Crippen LogP contribution in [0.25, 0.3) is 0 Å². The Kier molecular flexibility index (Phi) is 3.52. The lowest BCUT2D eigenvalue weighted by atomic mass is 10.0. The molecule has 0 saturated carbocycles. The van der Waals surface area contributed by atoms with Crippen LogP contribution in [0.3, 0.4) is 0 Å². The van der Waals surface area contributed by atoms with Gasteiger partial charge in [0.2, 0.25) is 0 Å². The second kappa shape index (κ2) is 4.77. The molecule has 0 aliphatic carbocycles. The third-order valence-electron chi connectivity index (χ3n) is 3.15. The van der Waals surface area contributed by atoms with Gasteiger partial charge < -0.3 is 9.84 Å². The van der Waals surface area contributed by atoms with Gasteiger partial charge >= 0.3 is 0 Å². The molecular formula is C14H21NO2. The molecule has 0 bridgehead atoms. The molecule has 0 spiro atoms. The van der Waals surface area contributed by atoms with Gasteiger partial charge in [-0.3, -0.25) is 4.90 Å². The number of hydrogen-bond acceptors (Lipinski definition) is 3. The molecule has 1 N–H and O–H groups in total. The van der Waals surface area contributed by atoms with E-state index in [0.29, 0.717) is 0 Å². The maximum atomic E-state index is 9.26. The molecule has 2 rings (SSSR count). The van der Waals surface area contributed by atoms with E-state index in [-0.39, 0.29) is 24.5 Å². The van der Waals surface area contributed by atoms with E-state index in [1.54, 1.807) is 0 Å². The van der Waals surface area contributed by atoms with Gasteiger partial charge in [-0.15, -0.1) is 0 Å². The van der Waals surface area contributed by atoms with Gasteiger partial charge in [-0.1, -0.05) is 30.3 Å².